The van der Waals surface area contributed by atoms with E-state index in [2.05, 4.69) is 5.32 Å². The van der Waals surface area contributed by atoms with Crippen molar-refractivity contribution < 1.29 is 29.0 Å². The first-order chi connectivity index (χ1) is 11.9. The van der Waals surface area contributed by atoms with Crippen molar-refractivity contribution in [3.8, 4) is 5.75 Å². The molecule has 0 aromatic heterocycles. The Bertz CT molecular complexity index is 675. The van der Waals surface area contributed by atoms with Crippen molar-refractivity contribution in [1.29, 1.82) is 0 Å². The van der Waals surface area contributed by atoms with Gasteiger partial charge >= 0.3 is 5.97 Å². The van der Waals surface area contributed by atoms with E-state index < -0.39 is 18.0 Å². The van der Waals surface area contributed by atoms with Gasteiger partial charge in [-0.05, 0) is 24.6 Å². The third-order valence-corrected chi connectivity index (χ3v) is 4.14. The average molecular weight is 350 g/mol. The Morgan fingerprint density at radius 1 is 1.40 bits per heavy atom. The summed E-state index contributed by atoms with van der Waals surface area (Å²) in [6.45, 7) is 1.97. The molecule has 1 aliphatic rings. The van der Waals surface area contributed by atoms with Crippen LogP contribution in [0.5, 0.6) is 5.75 Å². The number of carboxylic acid groups (broad SMARTS) is 1. The number of anilines is 1. The highest BCUT2D eigenvalue weighted by Gasteiger charge is 2.36. The molecule has 136 valence electrons. The van der Waals surface area contributed by atoms with E-state index in [1.54, 1.807) is 6.07 Å². The topological polar surface area (TPSA) is 105 Å². The van der Waals surface area contributed by atoms with Crippen molar-refractivity contribution in [2.75, 3.05) is 32.2 Å². The van der Waals surface area contributed by atoms with Crippen LogP contribution in [0.3, 0.4) is 0 Å². The molecule has 2 amide bonds. The molecule has 8 nitrogen and oxygen atoms in total. The van der Waals surface area contributed by atoms with Gasteiger partial charge in [-0.25, -0.2) is 4.79 Å². The number of aryl methyl sites for hydroxylation is 1. The van der Waals surface area contributed by atoms with Crippen LogP contribution in [-0.4, -0.2) is 56.3 Å². The van der Waals surface area contributed by atoms with Crippen molar-refractivity contribution in [1.82, 2.24) is 5.32 Å². The largest absolute Gasteiger partial charge is 0.495 e. The van der Waals surface area contributed by atoms with Gasteiger partial charge in [0.25, 0.3) is 0 Å². The van der Waals surface area contributed by atoms with E-state index in [0.717, 1.165) is 5.56 Å². The summed E-state index contributed by atoms with van der Waals surface area (Å²) in [5.74, 6) is -1.69. The number of carbonyl (C=O) groups is 3. The van der Waals surface area contributed by atoms with Crippen LogP contribution in [0.4, 0.5) is 5.69 Å². The molecule has 2 rings (SSSR count). The predicted octanol–water partition coefficient (Wildman–Crippen LogP) is 0.572. The van der Waals surface area contributed by atoms with E-state index in [0.29, 0.717) is 11.4 Å². The third-order valence-electron chi connectivity index (χ3n) is 4.14. The predicted molar refractivity (Wildman–Crippen MR) is 89.6 cm³/mol. The van der Waals surface area contributed by atoms with Crippen molar-refractivity contribution >= 4 is 23.5 Å². The van der Waals surface area contributed by atoms with Crippen molar-refractivity contribution in [3.05, 3.63) is 23.8 Å². The van der Waals surface area contributed by atoms with Gasteiger partial charge in [-0.2, -0.15) is 0 Å². The van der Waals surface area contributed by atoms with Crippen LogP contribution in [0, 0.1) is 12.8 Å². The second kappa shape index (κ2) is 7.98. The molecule has 0 bridgehead atoms. The molecule has 0 radical (unpaired) electrons. The smallest absolute Gasteiger partial charge is 0.334 e. The van der Waals surface area contributed by atoms with Crippen molar-refractivity contribution in [2.24, 2.45) is 5.92 Å². The van der Waals surface area contributed by atoms with Gasteiger partial charge in [0.2, 0.25) is 11.8 Å². The maximum Gasteiger partial charge on any atom is 0.334 e. The molecular formula is C17H22N2O6. The molecular weight excluding hydrogens is 328 g/mol. The van der Waals surface area contributed by atoms with Crippen LogP contribution >= 0.6 is 0 Å². The summed E-state index contributed by atoms with van der Waals surface area (Å²) in [6.07, 6.45) is -1.05. The van der Waals surface area contributed by atoms with Gasteiger partial charge in [0, 0.05) is 20.1 Å². The Hall–Kier alpha value is -2.61. The lowest BCUT2D eigenvalue weighted by molar-refractivity contribution is -0.148. The number of hydrogen-bond donors (Lipinski definition) is 2. The van der Waals surface area contributed by atoms with Gasteiger partial charge in [-0.3, -0.25) is 9.59 Å². The Morgan fingerprint density at radius 2 is 2.12 bits per heavy atom. The minimum atomic E-state index is -1.16. The average Bonchev–Trinajstić information content (AvgIpc) is 2.96. The molecule has 0 saturated carbocycles. The van der Waals surface area contributed by atoms with Gasteiger partial charge in [0.15, 0.2) is 6.10 Å². The van der Waals surface area contributed by atoms with Gasteiger partial charge in [-0.1, -0.05) is 6.07 Å². The molecule has 1 aromatic rings. The molecule has 0 spiro atoms. The monoisotopic (exact) mass is 350 g/mol. The number of nitrogens with zero attached hydrogens (tertiary/aromatic N) is 1. The van der Waals surface area contributed by atoms with Gasteiger partial charge in [0.1, 0.15) is 5.75 Å². The van der Waals surface area contributed by atoms with E-state index in [9.17, 15) is 14.4 Å². The van der Waals surface area contributed by atoms with Crippen LogP contribution in [0.25, 0.3) is 0 Å². The minimum Gasteiger partial charge on any atom is -0.495 e. The standard InChI is InChI=1S/C17H22N2O6/c1-10-4-5-13(24-2)12(6-10)19-9-11(7-15(19)20)16(21)18-8-14(25-3)17(22)23/h4-6,11,14H,7-9H2,1-3H3,(H,18,21)(H,22,23). The fourth-order valence-electron chi connectivity index (χ4n) is 2.74. The Morgan fingerprint density at radius 3 is 2.72 bits per heavy atom. The number of carboxylic acids is 1. The summed E-state index contributed by atoms with van der Waals surface area (Å²) in [5.41, 5.74) is 1.60. The molecule has 1 saturated heterocycles. The fourth-order valence-corrected chi connectivity index (χ4v) is 2.74. The summed E-state index contributed by atoms with van der Waals surface area (Å²) < 4.78 is 10.1. The molecule has 8 heteroatoms. The molecule has 25 heavy (non-hydrogen) atoms. The highest BCUT2D eigenvalue weighted by Crippen LogP contribution is 2.33. The maximum atomic E-state index is 12.3. The van der Waals surface area contributed by atoms with Crippen LogP contribution < -0.4 is 15.0 Å². The number of nitrogens with one attached hydrogen (secondary N) is 1. The number of ether oxygens (including phenoxy) is 2. The lowest BCUT2D eigenvalue weighted by Crippen LogP contribution is -2.41. The van der Waals surface area contributed by atoms with E-state index in [1.165, 1.54) is 19.1 Å². The Labute approximate surface area is 145 Å². The van der Waals surface area contributed by atoms with E-state index in [-0.39, 0.29) is 31.3 Å². The van der Waals surface area contributed by atoms with Crippen LogP contribution in [0.2, 0.25) is 0 Å². The number of carbonyl (C=O) groups excluding carboxylic acids is 2. The van der Waals surface area contributed by atoms with Crippen molar-refractivity contribution in [2.45, 2.75) is 19.4 Å². The molecule has 0 aliphatic carbocycles. The van der Waals surface area contributed by atoms with E-state index in [4.69, 9.17) is 14.6 Å². The van der Waals surface area contributed by atoms with Gasteiger partial charge in [0.05, 0.1) is 25.3 Å². The summed E-state index contributed by atoms with van der Waals surface area (Å²) in [6, 6.07) is 5.49. The maximum absolute atomic E-state index is 12.3. The highest BCUT2D eigenvalue weighted by molar-refractivity contribution is 6.01. The number of hydrogen-bond acceptors (Lipinski definition) is 5. The summed E-state index contributed by atoms with van der Waals surface area (Å²) >= 11 is 0. The SMILES string of the molecule is COc1ccc(C)cc1N1CC(C(=O)NCC(OC)C(=O)O)CC1=O. The number of amides is 2. The van der Waals surface area contributed by atoms with Gasteiger partial charge in [-0.15, -0.1) is 0 Å². The first kappa shape index (κ1) is 18.7. The summed E-state index contributed by atoms with van der Waals surface area (Å²) in [5, 5.41) is 11.4. The number of rotatable bonds is 7. The zero-order valence-corrected chi connectivity index (χ0v) is 14.4. The summed E-state index contributed by atoms with van der Waals surface area (Å²) in [4.78, 5) is 37.0. The highest BCUT2D eigenvalue weighted by atomic mass is 16.5. The second-order valence-electron chi connectivity index (χ2n) is 5.89. The Kier molecular flexibility index (Phi) is 5.97. The summed E-state index contributed by atoms with van der Waals surface area (Å²) in [7, 11) is 2.78. The van der Waals surface area contributed by atoms with Crippen LogP contribution in [0.1, 0.15) is 12.0 Å². The fraction of sp³-hybridized carbons (Fsp3) is 0.471. The molecule has 1 fully saturated rings. The van der Waals surface area contributed by atoms with Gasteiger partial charge < -0.3 is 24.8 Å². The molecule has 1 aromatic carbocycles. The normalized spacial score (nSPS) is 18.1. The molecule has 2 N–H and O–H groups in total. The minimum absolute atomic E-state index is 0.0631. The molecule has 1 heterocycles. The zero-order chi connectivity index (χ0) is 18.6. The number of aliphatic carboxylic acids is 1. The lowest BCUT2D eigenvalue weighted by Gasteiger charge is -2.20. The molecule has 2 atom stereocenters. The third kappa shape index (κ3) is 4.27. The zero-order valence-electron chi connectivity index (χ0n) is 14.4. The number of methoxy groups -OCH3 is 2. The van der Waals surface area contributed by atoms with Crippen LogP contribution in [0.15, 0.2) is 18.2 Å². The quantitative estimate of drug-likeness (QED) is 0.745. The van der Waals surface area contributed by atoms with E-state index in [1.807, 2.05) is 19.1 Å². The molecule has 1 aliphatic heterocycles. The van der Waals surface area contributed by atoms with Crippen LogP contribution in [-0.2, 0) is 19.1 Å². The number of benzene rings is 1. The van der Waals surface area contributed by atoms with Crippen molar-refractivity contribution in [3.63, 3.8) is 0 Å². The lowest BCUT2D eigenvalue weighted by atomic mass is 10.1. The second-order valence-corrected chi connectivity index (χ2v) is 5.89. The first-order valence-electron chi connectivity index (χ1n) is 7.85. The van der Waals surface area contributed by atoms with E-state index >= 15 is 0 Å². The Balaban J connectivity index is 2.06. The molecule has 2 unspecified atom stereocenters. The first-order valence-corrected chi connectivity index (χ1v) is 7.85.